The van der Waals surface area contributed by atoms with Gasteiger partial charge in [0.05, 0.1) is 6.61 Å². The number of rotatable bonds is 4. The SMILES string of the molecule is CCOC(=O)C=Cc1ccccc1OC(F)(F)F. The predicted octanol–water partition coefficient (Wildman–Crippen LogP) is 3.16. The molecule has 0 aliphatic heterocycles. The van der Waals surface area contributed by atoms with Crippen LogP contribution in [-0.2, 0) is 9.53 Å². The topological polar surface area (TPSA) is 35.5 Å². The maximum absolute atomic E-state index is 12.1. The third kappa shape index (κ3) is 4.90. The van der Waals surface area contributed by atoms with Gasteiger partial charge in [0.1, 0.15) is 5.75 Å². The number of para-hydroxylation sites is 1. The first-order valence-electron chi connectivity index (χ1n) is 5.12. The van der Waals surface area contributed by atoms with Gasteiger partial charge in [-0.25, -0.2) is 4.79 Å². The summed E-state index contributed by atoms with van der Waals surface area (Å²) in [4.78, 5) is 11.0. The molecular formula is C12H11F3O3. The van der Waals surface area contributed by atoms with Crippen molar-refractivity contribution >= 4 is 12.0 Å². The van der Waals surface area contributed by atoms with E-state index in [1.807, 2.05) is 0 Å². The first-order valence-corrected chi connectivity index (χ1v) is 5.12. The Balaban J connectivity index is 2.86. The highest BCUT2D eigenvalue weighted by Crippen LogP contribution is 2.26. The average Bonchev–Trinajstić information content (AvgIpc) is 2.26. The van der Waals surface area contributed by atoms with Crippen LogP contribution < -0.4 is 4.74 Å². The van der Waals surface area contributed by atoms with Crippen LogP contribution in [0.1, 0.15) is 12.5 Å². The van der Waals surface area contributed by atoms with Crippen LogP contribution in [0.3, 0.4) is 0 Å². The van der Waals surface area contributed by atoms with E-state index in [1.54, 1.807) is 6.92 Å². The van der Waals surface area contributed by atoms with Crippen LogP contribution in [0.25, 0.3) is 6.08 Å². The van der Waals surface area contributed by atoms with Crippen LogP contribution in [0, 0.1) is 0 Å². The standard InChI is InChI=1S/C12H11F3O3/c1-2-17-11(16)8-7-9-5-3-4-6-10(9)18-12(13,14)15/h3-8H,2H2,1H3. The van der Waals surface area contributed by atoms with Gasteiger partial charge in [0.25, 0.3) is 0 Å². The number of benzene rings is 1. The number of esters is 1. The van der Waals surface area contributed by atoms with E-state index in [0.29, 0.717) is 0 Å². The van der Waals surface area contributed by atoms with Gasteiger partial charge >= 0.3 is 12.3 Å². The Labute approximate surface area is 102 Å². The van der Waals surface area contributed by atoms with Crippen molar-refractivity contribution in [2.45, 2.75) is 13.3 Å². The lowest BCUT2D eigenvalue weighted by molar-refractivity contribution is -0.274. The van der Waals surface area contributed by atoms with Crippen LogP contribution in [0.4, 0.5) is 13.2 Å². The van der Waals surface area contributed by atoms with Gasteiger partial charge in [-0.1, -0.05) is 18.2 Å². The Bertz CT molecular complexity index is 438. The second kappa shape index (κ2) is 6.09. The third-order valence-electron chi connectivity index (χ3n) is 1.83. The molecule has 0 bridgehead atoms. The number of hydrogen-bond donors (Lipinski definition) is 0. The summed E-state index contributed by atoms with van der Waals surface area (Å²) >= 11 is 0. The Kier molecular flexibility index (Phi) is 4.76. The molecule has 0 atom stereocenters. The van der Waals surface area contributed by atoms with Crippen molar-refractivity contribution < 1.29 is 27.4 Å². The lowest BCUT2D eigenvalue weighted by Gasteiger charge is -2.10. The summed E-state index contributed by atoms with van der Waals surface area (Å²) in [5, 5.41) is 0. The highest BCUT2D eigenvalue weighted by molar-refractivity contribution is 5.87. The molecule has 1 rings (SSSR count). The largest absolute Gasteiger partial charge is 0.573 e. The molecule has 3 nitrogen and oxygen atoms in total. The molecule has 0 fully saturated rings. The second-order valence-corrected chi connectivity index (χ2v) is 3.17. The number of carbonyl (C=O) groups is 1. The van der Waals surface area contributed by atoms with Gasteiger partial charge in [-0.2, -0.15) is 0 Å². The first kappa shape index (κ1) is 14.1. The summed E-state index contributed by atoms with van der Waals surface area (Å²) in [7, 11) is 0. The lowest BCUT2D eigenvalue weighted by atomic mass is 10.2. The van der Waals surface area contributed by atoms with E-state index in [1.165, 1.54) is 24.3 Å². The van der Waals surface area contributed by atoms with Gasteiger partial charge in [0.2, 0.25) is 0 Å². The van der Waals surface area contributed by atoms with Crippen LogP contribution in [0.15, 0.2) is 30.3 Å². The maximum atomic E-state index is 12.1. The van der Waals surface area contributed by atoms with E-state index in [0.717, 1.165) is 12.1 Å². The molecule has 0 aliphatic carbocycles. The van der Waals surface area contributed by atoms with E-state index >= 15 is 0 Å². The fourth-order valence-electron chi connectivity index (χ4n) is 1.18. The normalized spacial score (nSPS) is 11.6. The molecule has 18 heavy (non-hydrogen) atoms. The molecule has 1 aromatic carbocycles. The molecular weight excluding hydrogens is 249 g/mol. The monoisotopic (exact) mass is 260 g/mol. The van der Waals surface area contributed by atoms with E-state index in [4.69, 9.17) is 0 Å². The minimum atomic E-state index is -4.77. The number of carbonyl (C=O) groups excluding carboxylic acids is 1. The summed E-state index contributed by atoms with van der Waals surface area (Å²) in [6.07, 6.45) is -2.52. The van der Waals surface area contributed by atoms with Gasteiger partial charge in [0.15, 0.2) is 0 Å². The van der Waals surface area contributed by atoms with Crippen LogP contribution in [0.2, 0.25) is 0 Å². The summed E-state index contributed by atoms with van der Waals surface area (Å²) < 4.78 is 44.7. The molecule has 6 heteroatoms. The van der Waals surface area contributed by atoms with Crippen LogP contribution in [-0.4, -0.2) is 18.9 Å². The summed E-state index contributed by atoms with van der Waals surface area (Å²) in [6.45, 7) is 1.83. The Morgan fingerprint density at radius 3 is 2.61 bits per heavy atom. The number of hydrogen-bond acceptors (Lipinski definition) is 3. The Hall–Kier alpha value is -1.98. The molecule has 0 unspecified atom stereocenters. The van der Waals surface area contributed by atoms with E-state index in [-0.39, 0.29) is 17.9 Å². The number of ether oxygens (including phenoxy) is 2. The average molecular weight is 260 g/mol. The first-order chi connectivity index (χ1) is 8.42. The Morgan fingerprint density at radius 1 is 1.33 bits per heavy atom. The van der Waals surface area contributed by atoms with Crippen molar-refractivity contribution in [2.75, 3.05) is 6.61 Å². The highest BCUT2D eigenvalue weighted by atomic mass is 19.4. The molecule has 0 amide bonds. The van der Waals surface area contributed by atoms with Gasteiger partial charge < -0.3 is 9.47 Å². The van der Waals surface area contributed by atoms with E-state index < -0.39 is 12.3 Å². The molecule has 0 N–H and O–H groups in total. The zero-order valence-corrected chi connectivity index (χ0v) is 9.53. The highest BCUT2D eigenvalue weighted by Gasteiger charge is 2.31. The minimum Gasteiger partial charge on any atom is -0.463 e. The van der Waals surface area contributed by atoms with Crippen molar-refractivity contribution in [3.8, 4) is 5.75 Å². The summed E-state index contributed by atoms with van der Waals surface area (Å²) in [6, 6.07) is 5.51. The summed E-state index contributed by atoms with van der Waals surface area (Å²) in [5.41, 5.74) is 0.142. The van der Waals surface area contributed by atoms with Crippen LogP contribution in [0.5, 0.6) is 5.75 Å². The number of alkyl halides is 3. The van der Waals surface area contributed by atoms with Crippen molar-refractivity contribution in [2.24, 2.45) is 0 Å². The molecule has 0 aliphatic rings. The summed E-state index contributed by atoms with van der Waals surface area (Å²) in [5.74, 6) is -0.995. The van der Waals surface area contributed by atoms with Crippen molar-refractivity contribution in [3.05, 3.63) is 35.9 Å². The van der Waals surface area contributed by atoms with Gasteiger partial charge in [-0.3, -0.25) is 0 Å². The molecule has 0 spiro atoms. The number of halogens is 3. The van der Waals surface area contributed by atoms with Gasteiger partial charge in [0, 0.05) is 11.6 Å². The van der Waals surface area contributed by atoms with Crippen LogP contribution >= 0.6 is 0 Å². The molecule has 98 valence electrons. The second-order valence-electron chi connectivity index (χ2n) is 3.17. The fourth-order valence-corrected chi connectivity index (χ4v) is 1.18. The van der Waals surface area contributed by atoms with Crippen molar-refractivity contribution in [3.63, 3.8) is 0 Å². The zero-order chi connectivity index (χ0) is 13.6. The zero-order valence-electron chi connectivity index (χ0n) is 9.53. The van der Waals surface area contributed by atoms with Gasteiger partial charge in [-0.15, -0.1) is 13.2 Å². The third-order valence-corrected chi connectivity index (χ3v) is 1.83. The molecule has 0 aromatic heterocycles. The predicted molar refractivity (Wildman–Crippen MR) is 58.8 cm³/mol. The van der Waals surface area contributed by atoms with Crippen molar-refractivity contribution in [1.82, 2.24) is 0 Å². The van der Waals surface area contributed by atoms with E-state index in [9.17, 15) is 18.0 Å². The lowest BCUT2D eigenvalue weighted by Crippen LogP contribution is -2.17. The van der Waals surface area contributed by atoms with E-state index in [2.05, 4.69) is 9.47 Å². The quantitative estimate of drug-likeness (QED) is 0.616. The minimum absolute atomic E-state index is 0.142. The molecule has 0 saturated carbocycles. The smallest absolute Gasteiger partial charge is 0.463 e. The van der Waals surface area contributed by atoms with Gasteiger partial charge in [-0.05, 0) is 19.1 Å². The molecule has 0 radical (unpaired) electrons. The molecule has 0 heterocycles. The Morgan fingerprint density at radius 2 is 2.00 bits per heavy atom. The fraction of sp³-hybridized carbons (Fsp3) is 0.250. The van der Waals surface area contributed by atoms with Crippen molar-refractivity contribution in [1.29, 1.82) is 0 Å². The molecule has 1 aromatic rings. The maximum Gasteiger partial charge on any atom is 0.573 e. The molecule has 0 saturated heterocycles.